The molecule has 0 bridgehead atoms. The normalized spacial score (nSPS) is 18.5. The van der Waals surface area contributed by atoms with E-state index in [-0.39, 0.29) is 6.04 Å². The second kappa shape index (κ2) is 10.8. The number of hydrogen-bond donors (Lipinski definition) is 2. The summed E-state index contributed by atoms with van der Waals surface area (Å²) in [6.45, 7) is 2.75. The summed E-state index contributed by atoms with van der Waals surface area (Å²) in [6.07, 6.45) is 1.94. The molecule has 2 aromatic carbocycles. The summed E-state index contributed by atoms with van der Waals surface area (Å²) in [7, 11) is 0. The van der Waals surface area contributed by atoms with Crippen LogP contribution in [0.2, 0.25) is 0 Å². The maximum atomic E-state index is 13.1. The van der Waals surface area contributed by atoms with E-state index in [1.165, 1.54) is 0 Å². The molecule has 0 aromatic heterocycles. The zero-order valence-electron chi connectivity index (χ0n) is 18.9. The first kappa shape index (κ1) is 24.0. The molecular formula is C25H29N3O5. The molecular weight excluding hydrogens is 422 g/mol. The Kier molecular flexibility index (Phi) is 7.82. The Hall–Kier alpha value is -3.68. The van der Waals surface area contributed by atoms with Crippen molar-refractivity contribution in [1.82, 2.24) is 15.5 Å². The SMILES string of the molecule is CCCC(NC(=O)COC(=O)CN1C(=O)NC(CC)(c2ccccc2)C1=O)c1ccccc1. The number of urea groups is 1. The maximum absolute atomic E-state index is 13.1. The Balaban J connectivity index is 1.57. The van der Waals surface area contributed by atoms with Crippen molar-refractivity contribution in [2.24, 2.45) is 0 Å². The average Bonchev–Trinajstić information content (AvgIpc) is 3.08. The zero-order valence-corrected chi connectivity index (χ0v) is 18.9. The number of carbonyl (C=O) groups is 4. The summed E-state index contributed by atoms with van der Waals surface area (Å²) in [6, 6.07) is 17.6. The fourth-order valence-electron chi connectivity index (χ4n) is 3.98. The topological polar surface area (TPSA) is 105 Å². The van der Waals surface area contributed by atoms with Gasteiger partial charge in [0.15, 0.2) is 6.61 Å². The Labute approximate surface area is 193 Å². The second-order valence-electron chi connectivity index (χ2n) is 7.93. The minimum absolute atomic E-state index is 0.190. The molecule has 0 saturated carbocycles. The van der Waals surface area contributed by atoms with Gasteiger partial charge in [-0.2, -0.15) is 0 Å². The van der Waals surface area contributed by atoms with Gasteiger partial charge < -0.3 is 15.4 Å². The van der Waals surface area contributed by atoms with Gasteiger partial charge in [0.05, 0.1) is 6.04 Å². The lowest BCUT2D eigenvalue weighted by molar-refractivity contribution is -0.151. The van der Waals surface area contributed by atoms with Gasteiger partial charge in [-0.1, -0.05) is 80.9 Å². The van der Waals surface area contributed by atoms with E-state index >= 15 is 0 Å². The molecule has 8 heteroatoms. The Morgan fingerprint density at radius 1 is 1.03 bits per heavy atom. The van der Waals surface area contributed by atoms with E-state index in [9.17, 15) is 19.2 Å². The van der Waals surface area contributed by atoms with Crippen LogP contribution < -0.4 is 10.6 Å². The number of esters is 1. The van der Waals surface area contributed by atoms with Gasteiger partial charge in [0.1, 0.15) is 12.1 Å². The molecule has 0 spiro atoms. The predicted octanol–water partition coefficient (Wildman–Crippen LogP) is 3.04. The molecule has 2 atom stereocenters. The Morgan fingerprint density at radius 3 is 2.27 bits per heavy atom. The number of rotatable bonds is 10. The predicted molar refractivity (Wildman–Crippen MR) is 122 cm³/mol. The summed E-state index contributed by atoms with van der Waals surface area (Å²) < 4.78 is 5.06. The molecule has 4 amide bonds. The van der Waals surface area contributed by atoms with Crippen molar-refractivity contribution in [1.29, 1.82) is 0 Å². The molecule has 1 heterocycles. The monoisotopic (exact) mass is 451 g/mol. The first-order valence-electron chi connectivity index (χ1n) is 11.1. The van der Waals surface area contributed by atoms with Crippen molar-refractivity contribution in [2.45, 2.75) is 44.7 Å². The number of nitrogens with one attached hydrogen (secondary N) is 2. The van der Waals surface area contributed by atoms with Crippen molar-refractivity contribution in [2.75, 3.05) is 13.2 Å². The van der Waals surface area contributed by atoms with Crippen molar-refractivity contribution in [3.05, 3.63) is 71.8 Å². The molecule has 33 heavy (non-hydrogen) atoms. The molecule has 1 saturated heterocycles. The fourth-order valence-corrected chi connectivity index (χ4v) is 3.98. The largest absolute Gasteiger partial charge is 0.454 e. The standard InChI is InChI=1S/C25H29N3O5/c1-3-11-20(18-12-7-5-8-13-18)26-21(29)17-33-22(30)16-28-23(31)25(4-2,27-24(28)32)19-14-9-6-10-15-19/h5-10,12-15,20H,3-4,11,16-17H2,1-2H3,(H,26,29)(H,27,32). The van der Waals surface area contributed by atoms with Gasteiger partial charge in [-0.15, -0.1) is 0 Å². The molecule has 1 aliphatic rings. The third-order valence-electron chi connectivity index (χ3n) is 5.74. The maximum Gasteiger partial charge on any atom is 0.326 e. The van der Waals surface area contributed by atoms with Crippen molar-refractivity contribution in [3.63, 3.8) is 0 Å². The summed E-state index contributed by atoms with van der Waals surface area (Å²) in [5.74, 6) is -1.80. The smallest absolute Gasteiger partial charge is 0.326 e. The van der Waals surface area contributed by atoms with Gasteiger partial charge in [0.2, 0.25) is 0 Å². The van der Waals surface area contributed by atoms with Gasteiger partial charge in [-0.25, -0.2) is 4.79 Å². The molecule has 174 valence electrons. The number of ether oxygens (including phenoxy) is 1. The van der Waals surface area contributed by atoms with Crippen LogP contribution in [0.15, 0.2) is 60.7 Å². The lowest BCUT2D eigenvalue weighted by Crippen LogP contribution is -2.44. The number of hydrogen-bond acceptors (Lipinski definition) is 5. The minimum atomic E-state index is -1.22. The third kappa shape index (κ3) is 5.39. The van der Waals surface area contributed by atoms with Crippen molar-refractivity contribution < 1.29 is 23.9 Å². The van der Waals surface area contributed by atoms with E-state index in [1.54, 1.807) is 31.2 Å². The highest BCUT2D eigenvalue weighted by molar-refractivity contribution is 6.09. The first-order chi connectivity index (χ1) is 15.9. The van der Waals surface area contributed by atoms with E-state index in [4.69, 9.17) is 4.74 Å². The van der Waals surface area contributed by atoms with Crippen LogP contribution in [0.25, 0.3) is 0 Å². The van der Waals surface area contributed by atoms with E-state index in [0.717, 1.165) is 23.3 Å². The number of benzene rings is 2. The Morgan fingerprint density at radius 2 is 1.67 bits per heavy atom. The van der Waals surface area contributed by atoms with Crippen LogP contribution in [-0.4, -0.2) is 41.9 Å². The number of imide groups is 1. The first-order valence-corrected chi connectivity index (χ1v) is 11.1. The molecule has 2 unspecified atom stereocenters. The number of amides is 4. The van der Waals surface area contributed by atoms with E-state index < -0.39 is 42.5 Å². The third-order valence-corrected chi connectivity index (χ3v) is 5.74. The van der Waals surface area contributed by atoms with Crippen LogP contribution in [0, 0.1) is 0 Å². The number of nitrogens with zero attached hydrogens (tertiary/aromatic N) is 1. The van der Waals surface area contributed by atoms with Crippen LogP contribution in [0.1, 0.15) is 50.3 Å². The molecule has 0 aliphatic carbocycles. The van der Waals surface area contributed by atoms with Gasteiger partial charge in [-0.3, -0.25) is 19.3 Å². The average molecular weight is 452 g/mol. The van der Waals surface area contributed by atoms with Crippen LogP contribution in [-0.2, 0) is 24.7 Å². The fraction of sp³-hybridized carbons (Fsp3) is 0.360. The van der Waals surface area contributed by atoms with E-state index in [1.807, 2.05) is 43.3 Å². The highest BCUT2D eigenvalue weighted by atomic mass is 16.5. The zero-order chi connectivity index (χ0) is 23.8. The van der Waals surface area contributed by atoms with E-state index in [0.29, 0.717) is 12.0 Å². The summed E-state index contributed by atoms with van der Waals surface area (Å²) in [5, 5.41) is 5.58. The Bertz CT molecular complexity index is 996. The van der Waals surface area contributed by atoms with Gasteiger partial charge in [0.25, 0.3) is 11.8 Å². The molecule has 3 rings (SSSR count). The molecule has 1 aliphatic heterocycles. The summed E-state index contributed by atoms with van der Waals surface area (Å²) in [4.78, 5) is 51.1. The highest BCUT2D eigenvalue weighted by Crippen LogP contribution is 2.32. The molecule has 1 fully saturated rings. The number of carbonyl (C=O) groups excluding carboxylic acids is 4. The lowest BCUT2D eigenvalue weighted by Gasteiger charge is -2.25. The van der Waals surface area contributed by atoms with E-state index in [2.05, 4.69) is 10.6 Å². The van der Waals surface area contributed by atoms with Crippen LogP contribution in [0.5, 0.6) is 0 Å². The highest BCUT2D eigenvalue weighted by Gasteiger charge is 2.51. The van der Waals surface area contributed by atoms with Crippen LogP contribution in [0.4, 0.5) is 4.79 Å². The van der Waals surface area contributed by atoms with Gasteiger partial charge in [-0.05, 0) is 24.0 Å². The van der Waals surface area contributed by atoms with Gasteiger partial charge in [0, 0.05) is 0 Å². The van der Waals surface area contributed by atoms with Crippen molar-refractivity contribution in [3.8, 4) is 0 Å². The summed E-state index contributed by atoms with van der Waals surface area (Å²) in [5.41, 5.74) is 0.387. The van der Waals surface area contributed by atoms with Gasteiger partial charge >= 0.3 is 12.0 Å². The lowest BCUT2D eigenvalue weighted by atomic mass is 9.87. The van der Waals surface area contributed by atoms with Crippen LogP contribution >= 0.6 is 0 Å². The van der Waals surface area contributed by atoms with Crippen LogP contribution in [0.3, 0.4) is 0 Å². The minimum Gasteiger partial charge on any atom is -0.454 e. The quantitative estimate of drug-likeness (QED) is 0.427. The molecule has 2 aromatic rings. The molecule has 0 radical (unpaired) electrons. The van der Waals surface area contributed by atoms with Crippen molar-refractivity contribution >= 4 is 23.8 Å². The molecule has 2 N–H and O–H groups in total. The summed E-state index contributed by atoms with van der Waals surface area (Å²) >= 11 is 0. The molecule has 8 nitrogen and oxygen atoms in total. The second-order valence-corrected chi connectivity index (χ2v) is 7.93.